The first-order chi connectivity index (χ1) is 9.24. The molecule has 2 aliphatic rings. The number of nitrogens with one attached hydrogen (secondary N) is 1. The van der Waals surface area contributed by atoms with Gasteiger partial charge in [-0.1, -0.05) is 18.2 Å². The zero-order valence-corrected chi connectivity index (χ0v) is 12.7. The Bertz CT molecular complexity index is 425. The number of hydrogen-bond acceptors (Lipinski definition) is 3. The van der Waals surface area contributed by atoms with Gasteiger partial charge in [-0.2, -0.15) is 0 Å². The smallest absolute Gasteiger partial charge is 0.0428 e. The summed E-state index contributed by atoms with van der Waals surface area (Å²) in [6.45, 7) is 7.10. The SMILES string of the molecule is CC(C)N1CCC(NC2CSc3ccccc32)CC1. The van der Waals surface area contributed by atoms with E-state index in [1.807, 2.05) is 11.8 Å². The fourth-order valence-corrected chi connectivity index (χ4v) is 4.34. The minimum absolute atomic E-state index is 0.566. The fourth-order valence-electron chi connectivity index (χ4n) is 3.17. The van der Waals surface area contributed by atoms with Gasteiger partial charge in [0.15, 0.2) is 0 Å². The number of thioether (sulfide) groups is 1. The molecule has 1 fully saturated rings. The van der Waals surface area contributed by atoms with Crippen molar-refractivity contribution in [3.05, 3.63) is 29.8 Å². The summed E-state index contributed by atoms with van der Waals surface area (Å²) in [5, 5.41) is 3.89. The summed E-state index contributed by atoms with van der Waals surface area (Å²) >= 11 is 2.00. The van der Waals surface area contributed by atoms with E-state index in [-0.39, 0.29) is 0 Å². The van der Waals surface area contributed by atoms with E-state index >= 15 is 0 Å². The second-order valence-corrected chi connectivity index (χ2v) is 7.03. The third kappa shape index (κ3) is 2.99. The van der Waals surface area contributed by atoms with Crippen molar-refractivity contribution in [1.82, 2.24) is 10.2 Å². The maximum Gasteiger partial charge on any atom is 0.0428 e. The Morgan fingerprint density at radius 3 is 2.68 bits per heavy atom. The molecule has 2 nitrogen and oxygen atoms in total. The molecule has 0 aromatic heterocycles. The molecule has 1 saturated heterocycles. The number of rotatable bonds is 3. The van der Waals surface area contributed by atoms with E-state index in [0.29, 0.717) is 18.1 Å². The number of hydrogen-bond donors (Lipinski definition) is 1. The van der Waals surface area contributed by atoms with Crippen LogP contribution in [0.15, 0.2) is 29.2 Å². The molecule has 0 spiro atoms. The molecule has 0 radical (unpaired) electrons. The van der Waals surface area contributed by atoms with E-state index in [2.05, 4.69) is 48.3 Å². The Morgan fingerprint density at radius 1 is 1.21 bits per heavy atom. The van der Waals surface area contributed by atoms with Gasteiger partial charge in [0, 0.05) is 28.8 Å². The highest BCUT2D eigenvalue weighted by molar-refractivity contribution is 7.99. The molecule has 1 aromatic carbocycles. The highest BCUT2D eigenvalue weighted by atomic mass is 32.2. The minimum atomic E-state index is 0.566. The molecule has 1 unspecified atom stereocenters. The monoisotopic (exact) mass is 276 g/mol. The molecule has 1 N–H and O–H groups in total. The summed E-state index contributed by atoms with van der Waals surface area (Å²) < 4.78 is 0. The maximum absolute atomic E-state index is 3.89. The van der Waals surface area contributed by atoms with Crippen LogP contribution in [0.25, 0.3) is 0 Å². The first kappa shape index (κ1) is 13.5. The average Bonchev–Trinajstić information content (AvgIpc) is 2.83. The van der Waals surface area contributed by atoms with Crippen molar-refractivity contribution in [2.24, 2.45) is 0 Å². The standard InChI is InChI=1S/C16H24N2S/c1-12(2)18-9-7-13(8-10-18)17-15-11-19-16-6-4-3-5-14(15)16/h3-6,12-13,15,17H,7-11H2,1-2H3. The van der Waals surface area contributed by atoms with E-state index in [0.717, 1.165) is 0 Å². The Labute approximate surface area is 121 Å². The van der Waals surface area contributed by atoms with Gasteiger partial charge in [0.2, 0.25) is 0 Å². The van der Waals surface area contributed by atoms with E-state index in [1.165, 1.54) is 42.1 Å². The molecule has 0 aliphatic carbocycles. The first-order valence-electron chi connectivity index (χ1n) is 7.46. The predicted molar refractivity (Wildman–Crippen MR) is 82.8 cm³/mol. The molecule has 0 amide bonds. The van der Waals surface area contributed by atoms with Crippen LogP contribution in [0.5, 0.6) is 0 Å². The molecule has 104 valence electrons. The molecule has 3 heteroatoms. The van der Waals surface area contributed by atoms with E-state index < -0.39 is 0 Å². The molecular formula is C16H24N2S. The lowest BCUT2D eigenvalue weighted by atomic mass is 10.0. The van der Waals surface area contributed by atoms with Gasteiger partial charge < -0.3 is 10.2 Å². The third-order valence-corrected chi connectivity index (χ3v) is 5.58. The van der Waals surface area contributed by atoms with E-state index in [4.69, 9.17) is 0 Å². The zero-order valence-electron chi connectivity index (χ0n) is 11.9. The van der Waals surface area contributed by atoms with Gasteiger partial charge in [0.05, 0.1) is 0 Å². The fraction of sp³-hybridized carbons (Fsp3) is 0.625. The molecule has 19 heavy (non-hydrogen) atoms. The van der Waals surface area contributed by atoms with Crippen LogP contribution in [-0.2, 0) is 0 Å². The molecule has 1 aromatic rings. The van der Waals surface area contributed by atoms with Crippen LogP contribution in [0, 0.1) is 0 Å². The highest BCUT2D eigenvalue weighted by Gasteiger charge is 2.27. The van der Waals surface area contributed by atoms with Crippen LogP contribution < -0.4 is 5.32 Å². The lowest BCUT2D eigenvalue weighted by Gasteiger charge is -2.36. The summed E-state index contributed by atoms with van der Waals surface area (Å²) in [7, 11) is 0. The van der Waals surface area contributed by atoms with Gasteiger partial charge >= 0.3 is 0 Å². The lowest BCUT2D eigenvalue weighted by Crippen LogP contribution is -2.45. The van der Waals surface area contributed by atoms with Crippen LogP contribution in [0.2, 0.25) is 0 Å². The Hall–Kier alpha value is -0.510. The van der Waals surface area contributed by atoms with Gasteiger partial charge in [-0.05, 0) is 51.4 Å². The van der Waals surface area contributed by atoms with Crippen molar-refractivity contribution < 1.29 is 0 Å². The Morgan fingerprint density at radius 2 is 1.95 bits per heavy atom. The average molecular weight is 276 g/mol. The second-order valence-electron chi connectivity index (χ2n) is 5.97. The van der Waals surface area contributed by atoms with Crippen molar-refractivity contribution in [3.8, 4) is 0 Å². The summed E-state index contributed by atoms with van der Waals surface area (Å²) in [6, 6.07) is 10.8. The van der Waals surface area contributed by atoms with Crippen molar-refractivity contribution >= 4 is 11.8 Å². The number of likely N-dealkylation sites (tertiary alicyclic amines) is 1. The van der Waals surface area contributed by atoms with Crippen molar-refractivity contribution in [3.63, 3.8) is 0 Å². The highest BCUT2D eigenvalue weighted by Crippen LogP contribution is 2.38. The van der Waals surface area contributed by atoms with Crippen LogP contribution >= 0.6 is 11.8 Å². The number of nitrogens with zero attached hydrogens (tertiary/aromatic N) is 1. The largest absolute Gasteiger partial charge is 0.306 e. The molecule has 1 atom stereocenters. The Balaban J connectivity index is 1.57. The van der Waals surface area contributed by atoms with Crippen LogP contribution in [0.4, 0.5) is 0 Å². The molecule has 0 bridgehead atoms. The molecule has 3 rings (SSSR count). The first-order valence-corrected chi connectivity index (χ1v) is 8.44. The summed E-state index contributed by atoms with van der Waals surface area (Å²) in [6.07, 6.45) is 2.59. The van der Waals surface area contributed by atoms with Crippen LogP contribution in [0.1, 0.15) is 38.3 Å². The number of fused-ring (bicyclic) bond motifs is 1. The maximum atomic E-state index is 3.89. The normalized spacial score (nSPS) is 24.9. The third-order valence-electron chi connectivity index (χ3n) is 4.40. The van der Waals surface area contributed by atoms with Gasteiger partial charge in [-0.3, -0.25) is 0 Å². The van der Waals surface area contributed by atoms with Crippen molar-refractivity contribution in [2.75, 3.05) is 18.8 Å². The topological polar surface area (TPSA) is 15.3 Å². The molecule has 2 aliphatic heterocycles. The summed E-state index contributed by atoms with van der Waals surface area (Å²) in [4.78, 5) is 4.06. The molecule has 2 heterocycles. The number of piperidine rings is 1. The van der Waals surface area contributed by atoms with E-state index in [9.17, 15) is 0 Å². The van der Waals surface area contributed by atoms with Gasteiger partial charge in [-0.25, -0.2) is 0 Å². The van der Waals surface area contributed by atoms with Crippen molar-refractivity contribution in [2.45, 2.75) is 49.7 Å². The van der Waals surface area contributed by atoms with E-state index in [1.54, 1.807) is 0 Å². The summed E-state index contributed by atoms with van der Waals surface area (Å²) in [5.74, 6) is 1.20. The lowest BCUT2D eigenvalue weighted by molar-refractivity contribution is 0.157. The summed E-state index contributed by atoms with van der Waals surface area (Å²) in [5.41, 5.74) is 1.51. The Kier molecular flexibility index (Phi) is 4.15. The predicted octanol–water partition coefficient (Wildman–Crippen LogP) is 3.30. The minimum Gasteiger partial charge on any atom is -0.306 e. The van der Waals surface area contributed by atoms with Crippen LogP contribution in [0.3, 0.4) is 0 Å². The quantitative estimate of drug-likeness (QED) is 0.912. The zero-order chi connectivity index (χ0) is 13.2. The van der Waals surface area contributed by atoms with Gasteiger partial charge in [0.25, 0.3) is 0 Å². The van der Waals surface area contributed by atoms with Crippen LogP contribution in [-0.4, -0.2) is 35.8 Å². The molecular weight excluding hydrogens is 252 g/mol. The van der Waals surface area contributed by atoms with Gasteiger partial charge in [-0.15, -0.1) is 11.8 Å². The molecule has 0 saturated carbocycles. The second kappa shape index (κ2) is 5.86. The van der Waals surface area contributed by atoms with Gasteiger partial charge in [0.1, 0.15) is 0 Å². The number of benzene rings is 1. The van der Waals surface area contributed by atoms with Crippen molar-refractivity contribution in [1.29, 1.82) is 0 Å².